The Hall–Kier alpha value is -3.17. The highest BCUT2D eigenvalue weighted by atomic mass is 32.2. The largest absolute Gasteiger partial charge is 0.496 e. The lowest BCUT2D eigenvalue weighted by molar-refractivity contribution is 0.0720. The first-order valence-electron chi connectivity index (χ1n) is 10.5. The van der Waals surface area contributed by atoms with E-state index in [2.05, 4.69) is 9.71 Å². The Morgan fingerprint density at radius 2 is 1.91 bits per heavy atom. The molecule has 1 saturated heterocycles. The molecule has 9 heteroatoms. The van der Waals surface area contributed by atoms with Gasteiger partial charge in [0.15, 0.2) is 0 Å². The topological polar surface area (TPSA) is 93.5 Å². The number of nitrogens with one attached hydrogen (secondary N) is 1. The molecule has 0 unspecified atom stereocenters. The average molecular weight is 455 g/mol. The van der Waals surface area contributed by atoms with Crippen molar-refractivity contribution in [1.82, 2.24) is 19.2 Å². The summed E-state index contributed by atoms with van der Waals surface area (Å²) in [4.78, 5) is 18.9. The van der Waals surface area contributed by atoms with Gasteiger partial charge in [0.2, 0.25) is 10.0 Å². The van der Waals surface area contributed by atoms with Gasteiger partial charge in [0.25, 0.3) is 5.91 Å². The first kappa shape index (κ1) is 22.0. The minimum Gasteiger partial charge on any atom is -0.496 e. The van der Waals surface area contributed by atoms with Crippen LogP contribution in [0.25, 0.3) is 5.69 Å². The number of aromatic nitrogens is 2. The van der Waals surface area contributed by atoms with Crippen molar-refractivity contribution in [2.45, 2.75) is 30.7 Å². The van der Waals surface area contributed by atoms with Gasteiger partial charge < -0.3 is 14.2 Å². The zero-order valence-corrected chi connectivity index (χ0v) is 18.7. The Morgan fingerprint density at radius 3 is 2.62 bits per heavy atom. The number of hydrogen-bond acceptors (Lipinski definition) is 5. The maximum absolute atomic E-state index is 13.1. The van der Waals surface area contributed by atoms with Crippen molar-refractivity contribution >= 4 is 15.9 Å². The highest BCUT2D eigenvalue weighted by Gasteiger charge is 2.24. The number of carbonyl (C=O) groups is 1. The Morgan fingerprint density at radius 1 is 1.12 bits per heavy atom. The quantitative estimate of drug-likeness (QED) is 0.592. The molecule has 1 aliphatic rings. The molecule has 1 aliphatic heterocycles. The third-order valence-corrected chi connectivity index (χ3v) is 6.98. The lowest BCUT2D eigenvalue weighted by Crippen LogP contribution is -2.36. The van der Waals surface area contributed by atoms with E-state index in [9.17, 15) is 13.2 Å². The van der Waals surface area contributed by atoms with Gasteiger partial charge in [-0.15, -0.1) is 0 Å². The van der Waals surface area contributed by atoms with Gasteiger partial charge in [-0.1, -0.05) is 18.2 Å². The zero-order chi connectivity index (χ0) is 22.6. The SMILES string of the molecule is COc1ccc(S(=O)(=O)NCc2ccccc2-n2ccnc2)cc1C(=O)N1CCCCC1. The van der Waals surface area contributed by atoms with Crippen molar-refractivity contribution in [3.63, 3.8) is 0 Å². The second kappa shape index (κ2) is 9.54. The minimum absolute atomic E-state index is 0.0266. The Labute approximate surface area is 187 Å². The summed E-state index contributed by atoms with van der Waals surface area (Å²) in [5.74, 6) is 0.161. The average Bonchev–Trinajstić information content (AvgIpc) is 3.37. The monoisotopic (exact) mass is 454 g/mol. The normalized spacial score (nSPS) is 14.3. The Bertz CT molecular complexity index is 1190. The highest BCUT2D eigenvalue weighted by molar-refractivity contribution is 7.89. The van der Waals surface area contributed by atoms with Crippen LogP contribution in [0.1, 0.15) is 35.2 Å². The van der Waals surface area contributed by atoms with Crippen LogP contribution < -0.4 is 9.46 Å². The van der Waals surface area contributed by atoms with Crippen LogP contribution in [-0.2, 0) is 16.6 Å². The Kier molecular flexibility index (Phi) is 6.57. The molecule has 4 rings (SSSR count). The third kappa shape index (κ3) is 4.68. The molecule has 0 aliphatic carbocycles. The van der Waals surface area contributed by atoms with Gasteiger partial charge in [0.1, 0.15) is 5.75 Å². The van der Waals surface area contributed by atoms with E-state index in [1.807, 2.05) is 28.8 Å². The van der Waals surface area contributed by atoms with Gasteiger partial charge in [-0.2, -0.15) is 0 Å². The third-order valence-electron chi connectivity index (χ3n) is 5.58. The lowest BCUT2D eigenvalue weighted by atomic mass is 10.1. The van der Waals surface area contributed by atoms with Crippen molar-refractivity contribution in [3.8, 4) is 11.4 Å². The molecule has 2 heterocycles. The van der Waals surface area contributed by atoms with Crippen LogP contribution in [0.4, 0.5) is 0 Å². The number of piperidine rings is 1. The van der Waals surface area contributed by atoms with Crippen molar-refractivity contribution in [2.24, 2.45) is 0 Å². The van der Waals surface area contributed by atoms with Crippen molar-refractivity contribution in [2.75, 3.05) is 20.2 Å². The van der Waals surface area contributed by atoms with E-state index in [0.717, 1.165) is 30.5 Å². The molecule has 1 N–H and O–H groups in total. The van der Waals surface area contributed by atoms with Crippen LogP contribution in [0.15, 0.2) is 66.1 Å². The standard InChI is InChI=1S/C23H26N4O4S/c1-31-22-10-9-19(15-20(22)23(28)26-12-5-2-6-13-26)32(29,30)25-16-18-7-3-4-8-21(18)27-14-11-24-17-27/h3-4,7-11,14-15,17,25H,2,5-6,12-13,16H2,1H3. The van der Waals surface area contributed by atoms with Gasteiger partial charge >= 0.3 is 0 Å². The smallest absolute Gasteiger partial charge is 0.257 e. The number of amides is 1. The number of methoxy groups -OCH3 is 1. The van der Waals surface area contributed by atoms with Gasteiger partial charge in [0.05, 0.1) is 29.6 Å². The molecule has 1 amide bonds. The van der Waals surface area contributed by atoms with Crippen LogP contribution >= 0.6 is 0 Å². The summed E-state index contributed by atoms with van der Waals surface area (Å²) in [7, 11) is -2.38. The maximum atomic E-state index is 13.1. The van der Waals surface area contributed by atoms with Gasteiger partial charge in [0, 0.05) is 32.0 Å². The fourth-order valence-electron chi connectivity index (χ4n) is 3.86. The summed E-state index contributed by atoms with van der Waals surface area (Å²) in [6, 6.07) is 11.9. The number of para-hydroxylation sites is 1. The van der Waals surface area contributed by atoms with Gasteiger partial charge in [-0.25, -0.2) is 18.1 Å². The summed E-state index contributed by atoms with van der Waals surface area (Å²) in [6.45, 7) is 1.43. The van der Waals surface area contributed by atoms with Crippen molar-refractivity contribution in [1.29, 1.82) is 0 Å². The molecule has 0 atom stereocenters. The fourth-order valence-corrected chi connectivity index (χ4v) is 4.89. The number of likely N-dealkylation sites (tertiary alicyclic amines) is 1. The second-order valence-corrected chi connectivity index (χ2v) is 9.41. The summed E-state index contributed by atoms with van der Waals surface area (Å²) >= 11 is 0. The number of imidazole rings is 1. The number of rotatable bonds is 7. The molecule has 1 fully saturated rings. The van der Waals surface area contributed by atoms with Crippen LogP contribution in [0.5, 0.6) is 5.75 Å². The van der Waals surface area contributed by atoms with E-state index in [4.69, 9.17) is 4.74 Å². The molecule has 3 aromatic rings. The van der Waals surface area contributed by atoms with E-state index in [0.29, 0.717) is 18.8 Å². The molecule has 32 heavy (non-hydrogen) atoms. The van der Waals surface area contributed by atoms with E-state index in [-0.39, 0.29) is 22.9 Å². The summed E-state index contributed by atoms with van der Waals surface area (Å²) in [5, 5.41) is 0. The molecule has 1 aromatic heterocycles. The minimum atomic E-state index is -3.86. The van der Waals surface area contributed by atoms with E-state index in [1.54, 1.807) is 23.6 Å². The molecular formula is C23H26N4O4S. The molecule has 0 spiro atoms. The predicted molar refractivity (Wildman–Crippen MR) is 120 cm³/mol. The predicted octanol–water partition coefficient (Wildman–Crippen LogP) is 2.99. The van der Waals surface area contributed by atoms with Gasteiger partial charge in [-0.3, -0.25) is 4.79 Å². The Balaban J connectivity index is 1.58. The second-order valence-electron chi connectivity index (χ2n) is 7.64. The zero-order valence-electron chi connectivity index (χ0n) is 17.9. The molecular weight excluding hydrogens is 428 g/mol. The van der Waals surface area contributed by atoms with Crippen LogP contribution in [0, 0.1) is 0 Å². The first-order chi connectivity index (χ1) is 15.5. The number of sulfonamides is 1. The molecule has 0 bridgehead atoms. The van der Waals surface area contributed by atoms with Crippen molar-refractivity contribution in [3.05, 3.63) is 72.3 Å². The van der Waals surface area contributed by atoms with Crippen LogP contribution in [-0.4, -0.2) is 49.0 Å². The van der Waals surface area contributed by atoms with Gasteiger partial charge in [-0.05, 0) is 49.1 Å². The number of nitrogens with zero attached hydrogens (tertiary/aromatic N) is 3. The summed E-state index contributed by atoms with van der Waals surface area (Å²) in [6.07, 6.45) is 8.12. The van der Waals surface area contributed by atoms with Crippen LogP contribution in [0.3, 0.4) is 0 Å². The number of ether oxygens (including phenoxy) is 1. The van der Waals surface area contributed by atoms with Crippen molar-refractivity contribution < 1.29 is 17.9 Å². The molecule has 0 radical (unpaired) electrons. The molecule has 2 aromatic carbocycles. The van der Waals surface area contributed by atoms with E-state index < -0.39 is 10.0 Å². The van der Waals surface area contributed by atoms with E-state index >= 15 is 0 Å². The van der Waals surface area contributed by atoms with Crippen LogP contribution in [0.2, 0.25) is 0 Å². The number of carbonyl (C=O) groups excluding carboxylic acids is 1. The fraction of sp³-hybridized carbons (Fsp3) is 0.304. The molecule has 0 saturated carbocycles. The maximum Gasteiger partial charge on any atom is 0.257 e. The lowest BCUT2D eigenvalue weighted by Gasteiger charge is -2.27. The molecule has 168 valence electrons. The first-order valence-corrected chi connectivity index (χ1v) is 12.0. The number of hydrogen-bond donors (Lipinski definition) is 1. The molecule has 8 nitrogen and oxygen atoms in total. The highest BCUT2D eigenvalue weighted by Crippen LogP contribution is 2.25. The summed E-state index contributed by atoms with van der Waals surface area (Å²) < 4.78 is 35.9. The number of benzene rings is 2. The summed E-state index contributed by atoms with van der Waals surface area (Å²) in [5.41, 5.74) is 1.90. The van der Waals surface area contributed by atoms with E-state index in [1.165, 1.54) is 25.3 Å².